The van der Waals surface area contributed by atoms with Gasteiger partial charge in [-0.15, -0.1) is 0 Å². The lowest BCUT2D eigenvalue weighted by Gasteiger charge is -2.33. The van der Waals surface area contributed by atoms with Crippen LogP contribution in [-0.2, 0) is 0 Å². The van der Waals surface area contributed by atoms with Gasteiger partial charge < -0.3 is 9.64 Å². The first-order valence-electron chi connectivity index (χ1n) is 9.70. The zero-order chi connectivity index (χ0) is 19.7. The van der Waals surface area contributed by atoms with E-state index >= 15 is 0 Å². The number of rotatable bonds is 3. The second-order valence-corrected chi connectivity index (χ2v) is 7.31. The lowest BCUT2D eigenvalue weighted by atomic mass is 10.0. The van der Waals surface area contributed by atoms with Gasteiger partial charge in [0.1, 0.15) is 5.75 Å². The second kappa shape index (κ2) is 7.50. The number of aromatic nitrogens is 1. The molecule has 1 atom stereocenters. The Morgan fingerprint density at radius 2 is 1.86 bits per heavy atom. The van der Waals surface area contributed by atoms with Crippen molar-refractivity contribution in [2.45, 2.75) is 32.2 Å². The van der Waals surface area contributed by atoms with Crippen LogP contribution in [0.25, 0.3) is 16.5 Å². The van der Waals surface area contributed by atoms with Crippen LogP contribution < -0.4 is 10.3 Å². The van der Waals surface area contributed by atoms with Crippen molar-refractivity contribution >= 4 is 16.7 Å². The number of methoxy groups -OCH3 is 1. The van der Waals surface area contributed by atoms with Crippen LogP contribution in [0.2, 0.25) is 0 Å². The fourth-order valence-corrected chi connectivity index (χ4v) is 3.97. The Balaban J connectivity index is 1.92. The summed E-state index contributed by atoms with van der Waals surface area (Å²) in [5.74, 6) is 0.648. The molecular weight excluding hydrogens is 352 g/mol. The quantitative estimate of drug-likeness (QED) is 0.694. The minimum Gasteiger partial charge on any atom is -0.497 e. The standard InChI is InChI=1S/C23H24N2O3/c1-16-8-5-6-13-24(16)23(27)21-15-25(17-9-7-10-18(14-17)28-2)22(26)20-12-4-3-11-19(20)21/h3-4,7,9-12,14-16H,5-6,8,13H2,1-2H3. The molecule has 5 nitrogen and oxygen atoms in total. The van der Waals surface area contributed by atoms with Crippen LogP contribution in [0.3, 0.4) is 0 Å². The van der Waals surface area contributed by atoms with Gasteiger partial charge in [-0.1, -0.05) is 24.3 Å². The highest BCUT2D eigenvalue weighted by atomic mass is 16.5. The smallest absolute Gasteiger partial charge is 0.262 e. The minimum absolute atomic E-state index is 0.0138. The number of likely N-dealkylation sites (tertiary alicyclic amines) is 1. The third-order valence-corrected chi connectivity index (χ3v) is 5.55. The molecule has 3 aromatic rings. The molecule has 4 rings (SSSR count). The van der Waals surface area contributed by atoms with Gasteiger partial charge in [0.15, 0.2) is 0 Å². The lowest BCUT2D eigenvalue weighted by Crippen LogP contribution is -2.42. The first-order valence-corrected chi connectivity index (χ1v) is 9.70. The number of hydrogen-bond acceptors (Lipinski definition) is 3. The van der Waals surface area contributed by atoms with Crippen LogP contribution in [0.5, 0.6) is 5.75 Å². The molecule has 5 heteroatoms. The van der Waals surface area contributed by atoms with E-state index in [1.165, 1.54) is 0 Å². The van der Waals surface area contributed by atoms with Gasteiger partial charge in [-0.2, -0.15) is 0 Å². The summed E-state index contributed by atoms with van der Waals surface area (Å²) < 4.78 is 6.85. The van der Waals surface area contributed by atoms with E-state index in [2.05, 4.69) is 6.92 Å². The van der Waals surface area contributed by atoms with E-state index in [0.717, 1.165) is 25.8 Å². The monoisotopic (exact) mass is 376 g/mol. The molecular formula is C23H24N2O3. The molecule has 1 aliphatic heterocycles. The van der Waals surface area contributed by atoms with E-state index in [1.54, 1.807) is 30.0 Å². The number of hydrogen-bond donors (Lipinski definition) is 0. The van der Waals surface area contributed by atoms with Gasteiger partial charge in [0.25, 0.3) is 11.5 Å². The Morgan fingerprint density at radius 1 is 1.07 bits per heavy atom. The van der Waals surface area contributed by atoms with Gasteiger partial charge >= 0.3 is 0 Å². The van der Waals surface area contributed by atoms with E-state index in [9.17, 15) is 9.59 Å². The highest BCUT2D eigenvalue weighted by Gasteiger charge is 2.26. The first-order chi connectivity index (χ1) is 13.6. The molecule has 28 heavy (non-hydrogen) atoms. The molecule has 144 valence electrons. The summed E-state index contributed by atoms with van der Waals surface area (Å²) in [6, 6.07) is 14.9. The topological polar surface area (TPSA) is 51.5 Å². The molecule has 0 N–H and O–H groups in total. The van der Waals surface area contributed by atoms with E-state index in [1.807, 2.05) is 41.3 Å². The molecule has 2 heterocycles. The SMILES string of the molecule is COc1cccc(-n2cc(C(=O)N3CCCCC3C)c3ccccc3c2=O)c1. The number of carbonyl (C=O) groups excluding carboxylic acids is 1. The average molecular weight is 376 g/mol. The van der Waals surface area contributed by atoms with E-state index in [4.69, 9.17) is 4.74 Å². The molecule has 1 amide bonds. The largest absolute Gasteiger partial charge is 0.497 e. The van der Waals surface area contributed by atoms with Gasteiger partial charge in [-0.05, 0) is 44.4 Å². The van der Waals surface area contributed by atoms with Crippen LogP contribution in [-0.4, -0.2) is 35.1 Å². The zero-order valence-corrected chi connectivity index (χ0v) is 16.2. The van der Waals surface area contributed by atoms with Crippen molar-refractivity contribution in [1.82, 2.24) is 9.47 Å². The number of benzene rings is 2. The fourth-order valence-electron chi connectivity index (χ4n) is 3.97. The summed E-state index contributed by atoms with van der Waals surface area (Å²) in [6.45, 7) is 2.85. The van der Waals surface area contributed by atoms with Crippen molar-refractivity contribution in [1.29, 1.82) is 0 Å². The number of carbonyl (C=O) groups is 1. The van der Waals surface area contributed by atoms with Gasteiger partial charge in [0.05, 0.1) is 18.4 Å². The van der Waals surface area contributed by atoms with E-state index in [0.29, 0.717) is 27.8 Å². The Labute approximate surface area is 164 Å². The molecule has 1 aliphatic rings. The molecule has 0 spiro atoms. The average Bonchev–Trinajstić information content (AvgIpc) is 2.74. The van der Waals surface area contributed by atoms with Gasteiger partial charge in [-0.3, -0.25) is 14.2 Å². The summed E-state index contributed by atoms with van der Waals surface area (Å²) in [5, 5.41) is 1.25. The van der Waals surface area contributed by atoms with Crippen LogP contribution in [0.1, 0.15) is 36.5 Å². The maximum absolute atomic E-state index is 13.4. The number of nitrogens with zero attached hydrogens (tertiary/aromatic N) is 2. The van der Waals surface area contributed by atoms with Crippen molar-refractivity contribution < 1.29 is 9.53 Å². The molecule has 0 aliphatic carbocycles. The summed E-state index contributed by atoms with van der Waals surface area (Å²) in [6.07, 6.45) is 4.86. The number of amides is 1. The predicted octanol–water partition coefficient (Wildman–Crippen LogP) is 4.01. The summed E-state index contributed by atoms with van der Waals surface area (Å²) in [4.78, 5) is 28.5. The van der Waals surface area contributed by atoms with Crippen molar-refractivity contribution in [3.63, 3.8) is 0 Å². The second-order valence-electron chi connectivity index (χ2n) is 7.31. The first kappa shape index (κ1) is 18.3. The Bertz CT molecular complexity index is 1090. The summed E-state index contributed by atoms with van der Waals surface area (Å²) >= 11 is 0. The number of fused-ring (bicyclic) bond motifs is 1. The van der Waals surface area contributed by atoms with Crippen molar-refractivity contribution in [3.05, 3.63) is 70.6 Å². The zero-order valence-electron chi connectivity index (χ0n) is 16.2. The molecule has 0 bridgehead atoms. The van der Waals surface area contributed by atoms with Crippen LogP contribution >= 0.6 is 0 Å². The van der Waals surface area contributed by atoms with E-state index < -0.39 is 0 Å². The van der Waals surface area contributed by atoms with Crippen LogP contribution in [0.4, 0.5) is 0 Å². The third-order valence-electron chi connectivity index (χ3n) is 5.55. The minimum atomic E-state index is -0.146. The third kappa shape index (κ3) is 3.17. The normalized spacial score (nSPS) is 16.9. The predicted molar refractivity (Wildman–Crippen MR) is 110 cm³/mol. The lowest BCUT2D eigenvalue weighted by molar-refractivity contribution is 0.0637. The molecule has 1 saturated heterocycles. The van der Waals surface area contributed by atoms with Crippen LogP contribution in [0.15, 0.2) is 59.5 Å². The number of piperidine rings is 1. The maximum Gasteiger partial charge on any atom is 0.262 e. The Kier molecular flexibility index (Phi) is 4.90. The van der Waals surface area contributed by atoms with Crippen LogP contribution in [0, 0.1) is 0 Å². The molecule has 2 aromatic carbocycles. The molecule has 0 saturated carbocycles. The van der Waals surface area contributed by atoms with Crippen molar-refractivity contribution in [3.8, 4) is 11.4 Å². The van der Waals surface area contributed by atoms with Crippen molar-refractivity contribution in [2.24, 2.45) is 0 Å². The summed E-state index contributed by atoms with van der Waals surface area (Å²) in [7, 11) is 1.59. The molecule has 1 aromatic heterocycles. The maximum atomic E-state index is 13.4. The van der Waals surface area contributed by atoms with Gasteiger partial charge in [-0.25, -0.2) is 0 Å². The van der Waals surface area contributed by atoms with Crippen molar-refractivity contribution in [2.75, 3.05) is 13.7 Å². The molecule has 1 fully saturated rings. The number of ether oxygens (including phenoxy) is 1. The van der Waals surface area contributed by atoms with Gasteiger partial charge in [0, 0.05) is 35.6 Å². The Morgan fingerprint density at radius 3 is 2.61 bits per heavy atom. The highest BCUT2D eigenvalue weighted by Crippen LogP contribution is 2.24. The fraction of sp³-hybridized carbons (Fsp3) is 0.304. The van der Waals surface area contributed by atoms with Gasteiger partial charge in [0.2, 0.25) is 0 Å². The molecule has 0 radical (unpaired) electrons. The summed E-state index contributed by atoms with van der Waals surface area (Å²) in [5.41, 5.74) is 1.09. The number of pyridine rings is 1. The van der Waals surface area contributed by atoms with E-state index in [-0.39, 0.29) is 17.5 Å². The highest BCUT2D eigenvalue weighted by molar-refractivity contribution is 6.06. The molecule has 1 unspecified atom stereocenters. The Hall–Kier alpha value is -3.08.